The first-order valence-corrected chi connectivity index (χ1v) is 6.30. The van der Waals surface area contributed by atoms with Crippen molar-refractivity contribution >= 4 is 11.6 Å². The van der Waals surface area contributed by atoms with Gasteiger partial charge in [0.2, 0.25) is 0 Å². The summed E-state index contributed by atoms with van der Waals surface area (Å²) in [7, 11) is 0. The molecule has 3 heteroatoms. The van der Waals surface area contributed by atoms with Crippen LogP contribution in [0.5, 0.6) is 0 Å². The van der Waals surface area contributed by atoms with Crippen LogP contribution in [-0.2, 0) is 0 Å². The molecule has 1 atom stereocenters. The molecule has 90 valence electrons. The number of hydrogen-bond acceptors (Lipinski definition) is 2. The van der Waals surface area contributed by atoms with Crippen molar-refractivity contribution in [1.29, 1.82) is 0 Å². The molecular weight excluding hydrogens is 220 g/mol. The number of rotatable bonds is 6. The summed E-state index contributed by atoms with van der Waals surface area (Å²) in [6.07, 6.45) is 0.989. The Kier molecular flexibility index (Phi) is 5.81. The summed E-state index contributed by atoms with van der Waals surface area (Å²) in [6.45, 7) is 7.17. The molecule has 0 aromatic heterocycles. The first kappa shape index (κ1) is 13.5. The summed E-state index contributed by atoms with van der Waals surface area (Å²) in [6, 6.07) is 8.51. The van der Waals surface area contributed by atoms with Gasteiger partial charge in [0.05, 0.1) is 0 Å². The van der Waals surface area contributed by atoms with E-state index in [1.165, 1.54) is 5.56 Å². The van der Waals surface area contributed by atoms with Crippen LogP contribution in [0.3, 0.4) is 0 Å². The molecule has 0 saturated heterocycles. The lowest BCUT2D eigenvalue weighted by Crippen LogP contribution is -2.30. The zero-order valence-electron chi connectivity index (χ0n) is 10.1. The van der Waals surface area contributed by atoms with E-state index in [0.29, 0.717) is 12.6 Å². The molecule has 0 bridgehead atoms. The molecule has 1 aromatic carbocycles. The minimum atomic E-state index is 0.414. The first-order valence-electron chi connectivity index (χ1n) is 5.92. The van der Waals surface area contributed by atoms with Gasteiger partial charge in [-0.05, 0) is 43.8 Å². The molecule has 0 heterocycles. The van der Waals surface area contributed by atoms with Gasteiger partial charge >= 0.3 is 0 Å². The highest BCUT2D eigenvalue weighted by molar-refractivity contribution is 6.30. The van der Waals surface area contributed by atoms with Crippen molar-refractivity contribution in [1.82, 2.24) is 4.90 Å². The standard InChI is InChI=1S/C13H21ClN2/c1-3-16(4-2)13(9-10-15)11-5-7-12(14)8-6-11/h5-8,13H,3-4,9-10,15H2,1-2H3. The van der Waals surface area contributed by atoms with E-state index < -0.39 is 0 Å². The Morgan fingerprint density at radius 1 is 1.19 bits per heavy atom. The predicted octanol–water partition coefficient (Wildman–Crippen LogP) is 3.07. The highest BCUT2D eigenvalue weighted by Crippen LogP contribution is 2.24. The second-order valence-electron chi connectivity index (χ2n) is 3.87. The van der Waals surface area contributed by atoms with Crippen LogP contribution in [0.4, 0.5) is 0 Å². The molecule has 0 aliphatic rings. The summed E-state index contributed by atoms with van der Waals surface area (Å²) >= 11 is 5.90. The van der Waals surface area contributed by atoms with E-state index in [2.05, 4.69) is 30.9 Å². The van der Waals surface area contributed by atoms with Crippen molar-refractivity contribution in [2.75, 3.05) is 19.6 Å². The summed E-state index contributed by atoms with van der Waals surface area (Å²) < 4.78 is 0. The van der Waals surface area contributed by atoms with Gasteiger partial charge in [-0.15, -0.1) is 0 Å². The maximum Gasteiger partial charge on any atom is 0.0406 e. The molecule has 0 aliphatic carbocycles. The normalized spacial score (nSPS) is 13.1. The van der Waals surface area contributed by atoms with E-state index in [-0.39, 0.29) is 0 Å². The van der Waals surface area contributed by atoms with Gasteiger partial charge in [0.25, 0.3) is 0 Å². The van der Waals surface area contributed by atoms with Crippen molar-refractivity contribution in [3.63, 3.8) is 0 Å². The maximum atomic E-state index is 5.90. The molecule has 1 aromatic rings. The van der Waals surface area contributed by atoms with Gasteiger partial charge in [0, 0.05) is 11.1 Å². The molecule has 2 N–H and O–H groups in total. The summed E-state index contributed by atoms with van der Waals surface area (Å²) in [5.41, 5.74) is 7.00. The third kappa shape index (κ3) is 3.48. The first-order chi connectivity index (χ1) is 7.72. The molecule has 1 unspecified atom stereocenters. The highest BCUT2D eigenvalue weighted by atomic mass is 35.5. The van der Waals surface area contributed by atoms with E-state index in [9.17, 15) is 0 Å². The SMILES string of the molecule is CCN(CC)C(CCN)c1ccc(Cl)cc1. The Hall–Kier alpha value is -0.570. The van der Waals surface area contributed by atoms with Crippen molar-refractivity contribution in [3.8, 4) is 0 Å². The minimum absolute atomic E-state index is 0.414. The zero-order chi connectivity index (χ0) is 12.0. The van der Waals surface area contributed by atoms with E-state index in [1.54, 1.807) is 0 Å². The fraction of sp³-hybridized carbons (Fsp3) is 0.538. The number of nitrogens with two attached hydrogens (primary N) is 1. The smallest absolute Gasteiger partial charge is 0.0406 e. The van der Waals surface area contributed by atoms with Crippen LogP contribution in [-0.4, -0.2) is 24.5 Å². The average molecular weight is 241 g/mol. The molecule has 0 radical (unpaired) electrons. The van der Waals surface area contributed by atoms with Crippen molar-refractivity contribution in [2.45, 2.75) is 26.3 Å². The monoisotopic (exact) mass is 240 g/mol. The molecular formula is C13H21ClN2. The van der Waals surface area contributed by atoms with Crippen molar-refractivity contribution < 1.29 is 0 Å². The van der Waals surface area contributed by atoms with Gasteiger partial charge in [-0.25, -0.2) is 0 Å². The van der Waals surface area contributed by atoms with Crippen LogP contribution in [0.2, 0.25) is 5.02 Å². The molecule has 0 aliphatic heterocycles. The maximum absolute atomic E-state index is 5.90. The molecule has 0 fully saturated rings. The van der Waals surface area contributed by atoms with Crippen LogP contribution >= 0.6 is 11.6 Å². The average Bonchev–Trinajstić information content (AvgIpc) is 2.31. The summed E-state index contributed by atoms with van der Waals surface area (Å²) in [5, 5.41) is 0.787. The Morgan fingerprint density at radius 3 is 2.19 bits per heavy atom. The fourth-order valence-corrected chi connectivity index (χ4v) is 2.19. The topological polar surface area (TPSA) is 29.3 Å². The summed E-state index contributed by atoms with van der Waals surface area (Å²) in [5.74, 6) is 0. The number of nitrogens with zero attached hydrogens (tertiary/aromatic N) is 1. The van der Waals surface area contributed by atoms with Crippen LogP contribution in [0, 0.1) is 0 Å². The highest BCUT2D eigenvalue weighted by Gasteiger charge is 2.16. The Morgan fingerprint density at radius 2 is 1.75 bits per heavy atom. The van der Waals surface area contributed by atoms with Gasteiger partial charge in [-0.1, -0.05) is 37.6 Å². The van der Waals surface area contributed by atoms with Gasteiger partial charge in [0.15, 0.2) is 0 Å². The molecule has 0 saturated carbocycles. The third-order valence-corrected chi connectivity index (χ3v) is 3.20. The van der Waals surface area contributed by atoms with E-state index in [0.717, 1.165) is 24.5 Å². The van der Waals surface area contributed by atoms with E-state index in [4.69, 9.17) is 17.3 Å². The number of hydrogen-bond donors (Lipinski definition) is 1. The molecule has 2 nitrogen and oxygen atoms in total. The Balaban J connectivity index is 2.87. The molecule has 0 spiro atoms. The van der Waals surface area contributed by atoms with Gasteiger partial charge in [-0.2, -0.15) is 0 Å². The second kappa shape index (κ2) is 6.89. The number of benzene rings is 1. The van der Waals surface area contributed by atoms with Gasteiger partial charge in [0.1, 0.15) is 0 Å². The van der Waals surface area contributed by atoms with E-state index in [1.807, 2.05) is 12.1 Å². The van der Waals surface area contributed by atoms with Crippen LogP contribution < -0.4 is 5.73 Å². The largest absolute Gasteiger partial charge is 0.330 e. The molecule has 16 heavy (non-hydrogen) atoms. The van der Waals surface area contributed by atoms with Crippen molar-refractivity contribution in [2.24, 2.45) is 5.73 Å². The van der Waals surface area contributed by atoms with Crippen LogP contribution in [0.15, 0.2) is 24.3 Å². The van der Waals surface area contributed by atoms with Crippen molar-refractivity contribution in [3.05, 3.63) is 34.9 Å². The summed E-state index contributed by atoms with van der Waals surface area (Å²) in [4.78, 5) is 2.43. The third-order valence-electron chi connectivity index (χ3n) is 2.95. The molecule has 1 rings (SSSR count). The number of halogens is 1. The lowest BCUT2D eigenvalue weighted by molar-refractivity contribution is 0.210. The second-order valence-corrected chi connectivity index (χ2v) is 4.30. The quantitative estimate of drug-likeness (QED) is 0.828. The lowest BCUT2D eigenvalue weighted by Gasteiger charge is -2.29. The predicted molar refractivity (Wildman–Crippen MR) is 70.8 cm³/mol. The molecule has 0 amide bonds. The van der Waals surface area contributed by atoms with Crippen LogP contribution in [0.1, 0.15) is 31.9 Å². The fourth-order valence-electron chi connectivity index (χ4n) is 2.07. The minimum Gasteiger partial charge on any atom is -0.330 e. The van der Waals surface area contributed by atoms with Gasteiger partial charge in [-0.3, -0.25) is 4.90 Å². The van der Waals surface area contributed by atoms with Crippen LogP contribution in [0.25, 0.3) is 0 Å². The Labute approximate surface area is 103 Å². The zero-order valence-corrected chi connectivity index (χ0v) is 10.9. The lowest BCUT2D eigenvalue weighted by atomic mass is 10.0. The van der Waals surface area contributed by atoms with Gasteiger partial charge < -0.3 is 5.73 Å². The van der Waals surface area contributed by atoms with E-state index >= 15 is 0 Å². The Bertz CT molecular complexity index is 293.